The summed E-state index contributed by atoms with van der Waals surface area (Å²) in [5.74, 6) is 0. The van der Waals surface area contributed by atoms with Crippen LogP contribution < -0.4 is 0 Å². The van der Waals surface area contributed by atoms with Gasteiger partial charge < -0.3 is 8.98 Å². The lowest BCUT2D eigenvalue weighted by Gasteiger charge is -2.10. The second-order valence-electron chi connectivity index (χ2n) is 11.4. The van der Waals surface area contributed by atoms with Gasteiger partial charge in [-0.2, -0.15) is 0 Å². The van der Waals surface area contributed by atoms with Gasteiger partial charge in [0.05, 0.1) is 11.0 Å². The molecular weight excluding hydrogens is 534 g/mol. The Bertz CT molecular complexity index is 2470. The second kappa shape index (κ2) is 9.86. The molecule has 0 fully saturated rings. The highest BCUT2D eigenvalue weighted by Gasteiger charge is 2.16. The Morgan fingerprint density at radius 2 is 0.955 bits per heavy atom. The number of para-hydroxylation sites is 2. The summed E-state index contributed by atoms with van der Waals surface area (Å²) in [5.41, 5.74) is 12.5. The topological polar surface area (TPSA) is 18.1 Å². The van der Waals surface area contributed by atoms with Gasteiger partial charge in [0.15, 0.2) is 0 Å². The van der Waals surface area contributed by atoms with E-state index in [1.54, 1.807) is 0 Å². The molecule has 44 heavy (non-hydrogen) atoms. The van der Waals surface area contributed by atoms with E-state index in [4.69, 9.17) is 4.42 Å². The number of rotatable bonds is 4. The van der Waals surface area contributed by atoms with E-state index in [0.29, 0.717) is 0 Å². The maximum atomic E-state index is 6.44. The smallest absolute Gasteiger partial charge is 0.143 e. The number of benzene rings is 7. The number of furan rings is 1. The summed E-state index contributed by atoms with van der Waals surface area (Å²) in [7, 11) is 0. The van der Waals surface area contributed by atoms with Crippen molar-refractivity contribution in [3.8, 4) is 39.1 Å². The van der Waals surface area contributed by atoms with Crippen molar-refractivity contribution >= 4 is 43.7 Å². The Morgan fingerprint density at radius 3 is 1.75 bits per heavy atom. The molecule has 0 atom stereocenters. The zero-order valence-electron chi connectivity index (χ0n) is 23.9. The molecule has 0 bridgehead atoms. The zero-order chi connectivity index (χ0) is 29.0. The van der Waals surface area contributed by atoms with Crippen LogP contribution in [0.1, 0.15) is 0 Å². The van der Waals surface area contributed by atoms with Gasteiger partial charge in [-0.3, -0.25) is 0 Å². The third-order valence-corrected chi connectivity index (χ3v) is 8.82. The number of fused-ring (bicyclic) bond motifs is 6. The van der Waals surface area contributed by atoms with Crippen molar-refractivity contribution in [2.75, 3.05) is 0 Å². The minimum absolute atomic E-state index is 0.906. The lowest BCUT2D eigenvalue weighted by atomic mass is 9.99. The van der Waals surface area contributed by atoms with Crippen molar-refractivity contribution in [2.45, 2.75) is 0 Å². The molecule has 2 heterocycles. The SMILES string of the molecule is c1ccc(-c2ccc(-n3c4ccccc4c4cc(-c5ccc6oc7c(-c8ccccc8)cccc7c6c5)ccc43)cc2)cc1. The molecule has 0 aliphatic rings. The van der Waals surface area contributed by atoms with Gasteiger partial charge in [-0.05, 0) is 70.3 Å². The summed E-state index contributed by atoms with van der Waals surface area (Å²) in [4.78, 5) is 0. The summed E-state index contributed by atoms with van der Waals surface area (Å²) >= 11 is 0. The molecule has 2 aromatic heterocycles. The van der Waals surface area contributed by atoms with Crippen LogP contribution >= 0.6 is 0 Å². The lowest BCUT2D eigenvalue weighted by molar-refractivity contribution is 0.670. The number of nitrogens with zero attached hydrogens (tertiary/aromatic N) is 1. The van der Waals surface area contributed by atoms with E-state index < -0.39 is 0 Å². The van der Waals surface area contributed by atoms with Gasteiger partial charge in [-0.15, -0.1) is 0 Å². The van der Waals surface area contributed by atoms with Crippen molar-refractivity contribution in [1.82, 2.24) is 4.57 Å². The molecule has 9 aromatic rings. The normalized spacial score (nSPS) is 11.6. The van der Waals surface area contributed by atoms with Crippen LogP contribution in [0.25, 0.3) is 82.8 Å². The molecule has 0 N–H and O–H groups in total. The first-order valence-electron chi connectivity index (χ1n) is 15.0. The molecule has 0 amide bonds. The molecule has 0 radical (unpaired) electrons. The van der Waals surface area contributed by atoms with Crippen LogP contribution in [0, 0.1) is 0 Å². The zero-order valence-corrected chi connectivity index (χ0v) is 23.9. The molecule has 0 saturated carbocycles. The van der Waals surface area contributed by atoms with Gasteiger partial charge in [0.1, 0.15) is 11.2 Å². The predicted octanol–water partition coefficient (Wildman–Crippen LogP) is 11.7. The van der Waals surface area contributed by atoms with Crippen molar-refractivity contribution in [3.05, 3.63) is 164 Å². The van der Waals surface area contributed by atoms with E-state index in [-0.39, 0.29) is 0 Å². The van der Waals surface area contributed by atoms with Crippen LogP contribution in [-0.2, 0) is 0 Å². The average Bonchev–Trinajstić information content (AvgIpc) is 3.64. The quantitative estimate of drug-likeness (QED) is 0.209. The van der Waals surface area contributed by atoms with Gasteiger partial charge >= 0.3 is 0 Å². The fourth-order valence-corrected chi connectivity index (χ4v) is 6.69. The fourth-order valence-electron chi connectivity index (χ4n) is 6.69. The van der Waals surface area contributed by atoms with Gasteiger partial charge in [0, 0.05) is 32.8 Å². The number of hydrogen-bond acceptors (Lipinski definition) is 1. The third kappa shape index (κ3) is 3.89. The monoisotopic (exact) mass is 561 g/mol. The van der Waals surface area contributed by atoms with Crippen LogP contribution in [-0.4, -0.2) is 4.57 Å². The van der Waals surface area contributed by atoms with E-state index in [1.165, 1.54) is 44.1 Å². The minimum Gasteiger partial charge on any atom is -0.455 e. The summed E-state index contributed by atoms with van der Waals surface area (Å²) in [6.07, 6.45) is 0. The van der Waals surface area contributed by atoms with Crippen molar-refractivity contribution < 1.29 is 4.42 Å². The van der Waals surface area contributed by atoms with Gasteiger partial charge in [0.25, 0.3) is 0 Å². The van der Waals surface area contributed by atoms with Gasteiger partial charge in [-0.25, -0.2) is 0 Å². The van der Waals surface area contributed by atoms with Crippen LogP contribution in [0.3, 0.4) is 0 Å². The molecule has 0 spiro atoms. The van der Waals surface area contributed by atoms with E-state index in [1.807, 2.05) is 6.07 Å². The third-order valence-electron chi connectivity index (χ3n) is 8.82. The molecule has 0 aliphatic carbocycles. The highest BCUT2D eigenvalue weighted by Crippen LogP contribution is 2.39. The van der Waals surface area contributed by atoms with E-state index in [9.17, 15) is 0 Å². The summed E-state index contributed by atoms with van der Waals surface area (Å²) in [5, 5.41) is 4.77. The molecule has 0 aliphatic heterocycles. The summed E-state index contributed by atoms with van der Waals surface area (Å²) < 4.78 is 8.82. The van der Waals surface area contributed by atoms with Crippen molar-refractivity contribution in [1.29, 1.82) is 0 Å². The molecule has 2 heteroatoms. The highest BCUT2D eigenvalue weighted by molar-refractivity contribution is 6.12. The molecule has 9 rings (SSSR count). The Morgan fingerprint density at radius 1 is 0.364 bits per heavy atom. The number of aromatic nitrogens is 1. The summed E-state index contributed by atoms with van der Waals surface area (Å²) in [6, 6.07) is 58.4. The Balaban J connectivity index is 1.17. The fraction of sp³-hybridized carbons (Fsp3) is 0. The van der Waals surface area contributed by atoms with E-state index in [2.05, 4.69) is 162 Å². The molecular formula is C42H27NO. The van der Waals surface area contributed by atoms with Crippen LogP contribution in [0.15, 0.2) is 168 Å². The molecule has 0 saturated heterocycles. The maximum Gasteiger partial charge on any atom is 0.143 e. The Hall–Kier alpha value is -5.86. The Kier molecular flexibility index (Phi) is 5.54. The van der Waals surface area contributed by atoms with Gasteiger partial charge in [0.2, 0.25) is 0 Å². The predicted molar refractivity (Wildman–Crippen MR) is 184 cm³/mol. The molecule has 2 nitrogen and oxygen atoms in total. The van der Waals surface area contributed by atoms with Crippen molar-refractivity contribution in [3.63, 3.8) is 0 Å². The van der Waals surface area contributed by atoms with Crippen LogP contribution in [0.4, 0.5) is 0 Å². The highest BCUT2D eigenvalue weighted by atomic mass is 16.3. The molecule has 206 valence electrons. The minimum atomic E-state index is 0.906. The summed E-state index contributed by atoms with van der Waals surface area (Å²) in [6.45, 7) is 0. The second-order valence-corrected chi connectivity index (χ2v) is 11.4. The van der Waals surface area contributed by atoms with E-state index in [0.717, 1.165) is 38.8 Å². The lowest BCUT2D eigenvalue weighted by Crippen LogP contribution is -1.93. The van der Waals surface area contributed by atoms with Crippen molar-refractivity contribution in [2.24, 2.45) is 0 Å². The first-order chi connectivity index (χ1) is 21.8. The van der Waals surface area contributed by atoms with Crippen LogP contribution in [0.2, 0.25) is 0 Å². The molecule has 7 aromatic carbocycles. The average molecular weight is 562 g/mol. The standard InChI is InChI=1S/C42H27NO/c1-3-10-28(11-4-1)29-18-22-33(23-19-29)43-39-17-8-7-14-35(39)37-26-31(20-24-40(37)43)32-21-25-41-38(27-32)36-16-9-15-34(42(36)44-41)30-12-5-2-6-13-30/h1-27H. The largest absolute Gasteiger partial charge is 0.455 e. The maximum absolute atomic E-state index is 6.44. The first kappa shape index (κ1) is 24.7. The van der Waals surface area contributed by atoms with Crippen LogP contribution in [0.5, 0.6) is 0 Å². The van der Waals surface area contributed by atoms with E-state index >= 15 is 0 Å². The van der Waals surface area contributed by atoms with Gasteiger partial charge in [-0.1, -0.05) is 121 Å². The molecule has 0 unspecified atom stereocenters. The Labute approximate surface area is 255 Å². The first-order valence-corrected chi connectivity index (χ1v) is 15.0. The number of hydrogen-bond donors (Lipinski definition) is 0.